The largest absolute Gasteiger partial charge is 0.271 e. The lowest BCUT2D eigenvalue weighted by molar-refractivity contribution is 0.604. The van der Waals surface area contributed by atoms with Crippen LogP contribution in [0.4, 0.5) is 4.39 Å². The fraction of sp³-hybridized carbons (Fsp3) is 0.143. The molecule has 2 nitrogen and oxygen atoms in total. The molecule has 94 valence electrons. The molecule has 0 heterocycles. The summed E-state index contributed by atoms with van der Waals surface area (Å²) in [5, 5.41) is 0. The van der Waals surface area contributed by atoms with Crippen LogP contribution >= 0.6 is 15.9 Å². The van der Waals surface area contributed by atoms with Gasteiger partial charge in [0.1, 0.15) is 5.82 Å². The molecule has 1 atom stereocenters. The Balaban J connectivity index is 2.49. The quantitative estimate of drug-likeness (QED) is 0.673. The van der Waals surface area contributed by atoms with Crippen LogP contribution in [0.1, 0.15) is 22.7 Å². The maximum Gasteiger partial charge on any atom is 0.123 e. The monoisotopic (exact) mass is 308 g/mol. The number of benzene rings is 2. The molecule has 1 unspecified atom stereocenters. The van der Waals surface area contributed by atoms with Crippen molar-refractivity contribution in [1.29, 1.82) is 0 Å². The number of hydrogen-bond donors (Lipinski definition) is 2. The topological polar surface area (TPSA) is 38.0 Å². The van der Waals surface area contributed by atoms with Gasteiger partial charge >= 0.3 is 0 Å². The number of halogens is 2. The van der Waals surface area contributed by atoms with Gasteiger partial charge in [-0.1, -0.05) is 46.3 Å². The second kappa shape index (κ2) is 5.61. The maximum absolute atomic E-state index is 13.3. The van der Waals surface area contributed by atoms with Crippen molar-refractivity contribution in [2.45, 2.75) is 13.0 Å². The fourth-order valence-corrected chi connectivity index (χ4v) is 2.44. The van der Waals surface area contributed by atoms with E-state index in [0.29, 0.717) is 0 Å². The van der Waals surface area contributed by atoms with Gasteiger partial charge in [-0.25, -0.2) is 9.82 Å². The van der Waals surface area contributed by atoms with Crippen molar-refractivity contribution in [3.05, 3.63) is 69.4 Å². The fourth-order valence-electron chi connectivity index (χ4n) is 1.94. The van der Waals surface area contributed by atoms with Crippen molar-refractivity contribution in [3.8, 4) is 0 Å². The van der Waals surface area contributed by atoms with Crippen molar-refractivity contribution >= 4 is 15.9 Å². The number of aryl methyl sites for hydroxylation is 1. The van der Waals surface area contributed by atoms with E-state index in [2.05, 4.69) is 21.4 Å². The van der Waals surface area contributed by atoms with Gasteiger partial charge in [-0.2, -0.15) is 0 Å². The van der Waals surface area contributed by atoms with Crippen molar-refractivity contribution in [1.82, 2.24) is 5.43 Å². The highest BCUT2D eigenvalue weighted by molar-refractivity contribution is 9.10. The third kappa shape index (κ3) is 2.61. The molecule has 0 saturated heterocycles. The number of nitrogens with two attached hydrogens (primary N) is 1. The second-order valence-electron chi connectivity index (χ2n) is 4.13. The van der Waals surface area contributed by atoms with Crippen molar-refractivity contribution in [2.75, 3.05) is 0 Å². The Bertz CT molecular complexity index is 557. The van der Waals surface area contributed by atoms with Crippen LogP contribution < -0.4 is 11.3 Å². The Hall–Kier alpha value is -1.23. The summed E-state index contributed by atoms with van der Waals surface area (Å²) in [5.41, 5.74) is 5.63. The number of rotatable bonds is 3. The average Bonchev–Trinajstić information content (AvgIpc) is 2.35. The summed E-state index contributed by atoms with van der Waals surface area (Å²) >= 11 is 3.55. The number of nitrogens with one attached hydrogen (secondary N) is 1. The molecule has 0 aliphatic rings. The highest BCUT2D eigenvalue weighted by Crippen LogP contribution is 2.30. The summed E-state index contributed by atoms with van der Waals surface area (Å²) in [5.74, 6) is 5.35. The molecule has 4 heteroatoms. The van der Waals surface area contributed by atoms with Crippen LogP contribution in [-0.4, -0.2) is 0 Å². The first-order valence-electron chi connectivity index (χ1n) is 5.60. The number of hydrogen-bond acceptors (Lipinski definition) is 2. The average molecular weight is 309 g/mol. The van der Waals surface area contributed by atoms with Crippen LogP contribution in [0.2, 0.25) is 0 Å². The van der Waals surface area contributed by atoms with Crippen molar-refractivity contribution in [2.24, 2.45) is 5.84 Å². The smallest absolute Gasteiger partial charge is 0.123 e. The van der Waals surface area contributed by atoms with E-state index in [1.807, 2.05) is 31.2 Å². The molecule has 0 aliphatic heterocycles. The molecule has 0 radical (unpaired) electrons. The molecular formula is C14H14BrFN2. The molecule has 0 amide bonds. The van der Waals surface area contributed by atoms with Gasteiger partial charge in [0.2, 0.25) is 0 Å². The van der Waals surface area contributed by atoms with Gasteiger partial charge in [0.05, 0.1) is 6.04 Å². The van der Waals surface area contributed by atoms with E-state index in [-0.39, 0.29) is 11.9 Å². The van der Waals surface area contributed by atoms with E-state index in [1.54, 1.807) is 6.07 Å². The van der Waals surface area contributed by atoms with Crippen LogP contribution in [-0.2, 0) is 0 Å². The first kappa shape index (κ1) is 13.2. The normalized spacial score (nSPS) is 12.4. The van der Waals surface area contributed by atoms with E-state index in [4.69, 9.17) is 5.84 Å². The minimum atomic E-state index is -0.267. The Morgan fingerprint density at radius 3 is 2.61 bits per heavy atom. The molecule has 0 aromatic heterocycles. The summed E-state index contributed by atoms with van der Waals surface area (Å²) < 4.78 is 14.3. The van der Waals surface area contributed by atoms with Gasteiger partial charge in [0, 0.05) is 4.47 Å². The molecular weight excluding hydrogens is 295 g/mol. The maximum atomic E-state index is 13.3. The zero-order chi connectivity index (χ0) is 13.1. The standard InChI is InChI=1S/C14H14BrFN2/c1-9-4-2-7-12(13(9)15)14(18-17)10-5-3-6-11(16)8-10/h2-8,14,18H,17H2,1H3. The Labute approximate surface area is 114 Å². The molecule has 0 spiro atoms. The first-order chi connectivity index (χ1) is 8.63. The Kier molecular flexibility index (Phi) is 4.11. The van der Waals surface area contributed by atoms with Gasteiger partial charge in [-0.05, 0) is 35.7 Å². The summed E-state index contributed by atoms with van der Waals surface area (Å²) in [4.78, 5) is 0. The summed E-state index contributed by atoms with van der Waals surface area (Å²) in [6.07, 6.45) is 0. The van der Waals surface area contributed by atoms with Gasteiger partial charge in [-0.3, -0.25) is 5.84 Å². The van der Waals surface area contributed by atoms with Crippen molar-refractivity contribution < 1.29 is 4.39 Å². The zero-order valence-electron chi connectivity index (χ0n) is 9.95. The SMILES string of the molecule is Cc1cccc(C(NN)c2cccc(F)c2)c1Br. The van der Waals surface area contributed by atoms with E-state index < -0.39 is 0 Å². The molecule has 0 aliphatic carbocycles. The molecule has 2 aromatic carbocycles. The van der Waals surface area contributed by atoms with Crippen molar-refractivity contribution in [3.63, 3.8) is 0 Å². The Morgan fingerprint density at radius 1 is 1.22 bits per heavy atom. The van der Waals surface area contributed by atoms with Gasteiger partial charge in [0.15, 0.2) is 0 Å². The predicted octanol–water partition coefficient (Wildman–Crippen LogP) is 3.45. The molecule has 2 rings (SSSR count). The lowest BCUT2D eigenvalue weighted by Gasteiger charge is -2.19. The Morgan fingerprint density at radius 2 is 1.94 bits per heavy atom. The summed E-state index contributed by atoms with van der Waals surface area (Å²) in [6.45, 7) is 2.01. The minimum Gasteiger partial charge on any atom is -0.271 e. The van der Waals surface area contributed by atoms with E-state index >= 15 is 0 Å². The lowest BCUT2D eigenvalue weighted by atomic mass is 9.98. The number of hydrazine groups is 1. The summed E-state index contributed by atoms with van der Waals surface area (Å²) in [7, 11) is 0. The third-order valence-electron chi connectivity index (χ3n) is 2.88. The van der Waals surface area contributed by atoms with E-state index in [0.717, 1.165) is 21.2 Å². The van der Waals surface area contributed by atoms with Crippen LogP contribution in [0.15, 0.2) is 46.9 Å². The molecule has 0 fully saturated rings. The van der Waals surface area contributed by atoms with Crippen LogP contribution in [0.3, 0.4) is 0 Å². The lowest BCUT2D eigenvalue weighted by Crippen LogP contribution is -2.29. The first-order valence-corrected chi connectivity index (χ1v) is 6.39. The molecule has 3 N–H and O–H groups in total. The van der Waals surface area contributed by atoms with Gasteiger partial charge < -0.3 is 0 Å². The van der Waals surface area contributed by atoms with Gasteiger partial charge in [-0.15, -0.1) is 0 Å². The third-order valence-corrected chi connectivity index (χ3v) is 3.96. The van der Waals surface area contributed by atoms with E-state index in [9.17, 15) is 4.39 Å². The van der Waals surface area contributed by atoms with Crippen LogP contribution in [0.25, 0.3) is 0 Å². The predicted molar refractivity (Wildman–Crippen MR) is 74.4 cm³/mol. The minimum absolute atomic E-state index is 0.241. The molecule has 18 heavy (non-hydrogen) atoms. The highest BCUT2D eigenvalue weighted by atomic mass is 79.9. The zero-order valence-corrected chi connectivity index (χ0v) is 11.5. The molecule has 0 saturated carbocycles. The van der Waals surface area contributed by atoms with Crippen LogP contribution in [0, 0.1) is 12.7 Å². The molecule has 2 aromatic rings. The highest BCUT2D eigenvalue weighted by Gasteiger charge is 2.16. The van der Waals surface area contributed by atoms with E-state index in [1.165, 1.54) is 12.1 Å². The molecule has 0 bridgehead atoms. The summed E-state index contributed by atoms with van der Waals surface area (Å²) in [6, 6.07) is 12.1. The second-order valence-corrected chi connectivity index (χ2v) is 4.93. The van der Waals surface area contributed by atoms with Gasteiger partial charge in [0.25, 0.3) is 0 Å². The van der Waals surface area contributed by atoms with Crippen LogP contribution in [0.5, 0.6) is 0 Å².